The molecular formula is C9H15F2NO. The summed E-state index contributed by atoms with van der Waals surface area (Å²) in [4.78, 5) is 0. The predicted molar refractivity (Wildman–Crippen MR) is 45.0 cm³/mol. The zero-order chi connectivity index (χ0) is 9.36. The zero-order valence-electron chi connectivity index (χ0n) is 7.61. The molecule has 2 aliphatic heterocycles. The first-order chi connectivity index (χ1) is 6.16. The van der Waals surface area contributed by atoms with Gasteiger partial charge in [-0.25, -0.2) is 8.78 Å². The van der Waals surface area contributed by atoms with Crippen LogP contribution in [0.1, 0.15) is 25.7 Å². The molecule has 0 radical (unpaired) electrons. The molecule has 0 aromatic carbocycles. The summed E-state index contributed by atoms with van der Waals surface area (Å²) in [5.41, 5.74) is -0.955. The molecule has 0 saturated carbocycles. The minimum atomic E-state index is -2.55. The van der Waals surface area contributed by atoms with Gasteiger partial charge in [0, 0.05) is 19.6 Å². The third kappa shape index (κ3) is 1.46. The maximum absolute atomic E-state index is 13.6. The van der Waals surface area contributed by atoms with Crippen molar-refractivity contribution in [2.45, 2.75) is 37.1 Å². The third-order valence-electron chi connectivity index (χ3n) is 3.18. The SMILES string of the molecule is FC1(F)CCCNC12CCOCC2. The van der Waals surface area contributed by atoms with E-state index in [1.165, 1.54) is 0 Å². The van der Waals surface area contributed by atoms with Gasteiger partial charge in [-0.1, -0.05) is 0 Å². The van der Waals surface area contributed by atoms with Crippen LogP contribution in [0.2, 0.25) is 0 Å². The lowest BCUT2D eigenvalue weighted by atomic mass is 9.79. The van der Waals surface area contributed by atoms with Gasteiger partial charge in [0.2, 0.25) is 0 Å². The van der Waals surface area contributed by atoms with Crippen LogP contribution < -0.4 is 5.32 Å². The first-order valence-electron chi connectivity index (χ1n) is 4.87. The lowest BCUT2D eigenvalue weighted by Gasteiger charge is -2.46. The fraction of sp³-hybridized carbons (Fsp3) is 1.00. The summed E-state index contributed by atoms with van der Waals surface area (Å²) in [6.45, 7) is 1.64. The van der Waals surface area contributed by atoms with Crippen molar-refractivity contribution < 1.29 is 13.5 Å². The normalized spacial score (nSPS) is 31.8. The van der Waals surface area contributed by atoms with E-state index in [9.17, 15) is 8.78 Å². The number of rotatable bonds is 0. The molecule has 0 atom stereocenters. The first kappa shape index (κ1) is 9.34. The van der Waals surface area contributed by atoms with Gasteiger partial charge in [-0.2, -0.15) is 0 Å². The molecule has 0 aromatic rings. The van der Waals surface area contributed by atoms with E-state index in [4.69, 9.17) is 4.74 Å². The largest absolute Gasteiger partial charge is 0.381 e. The molecule has 0 aliphatic carbocycles. The van der Waals surface area contributed by atoms with Crippen LogP contribution in [0.25, 0.3) is 0 Å². The van der Waals surface area contributed by atoms with E-state index in [1.54, 1.807) is 0 Å². The topological polar surface area (TPSA) is 21.3 Å². The number of alkyl halides is 2. The molecule has 2 heterocycles. The monoisotopic (exact) mass is 191 g/mol. The molecule has 1 spiro atoms. The highest BCUT2D eigenvalue weighted by molar-refractivity contribution is 5.04. The van der Waals surface area contributed by atoms with Crippen molar-refractivity contribution >= 4 is 0 Å². The maximum atomic E-state index is 13.6. The Morgan fingerprint density at radius 2 is 1.77 bits per heavy atom. The van der Waals surface area contributed by atoms with Crippen LogP contribution in [-0.4, -0.2) is 31.2 Å². The van der Waals surface area contributed by atoms with Crippen LogP contribution in [-0.2, 0) is 4.74 Å². The molecule has 2 nitrogen and oxygen atoms in total. The average Bonchev–Trinajstić information content (AvgIpc) is 2.12. The summed E-state index contributed by atoms with van der Waals surface area (Å²) >= 11 is 0. The first-order valence-corrected chi connectivity index (χ1v) is 4.87. The number of piperidine rings is 1. The summed E-state index contributed by atoms with van der Waals surface area (Å²) in [6.07, 6.45) is 1.50. The lowest BCUT2D eigenvalue weighted by Crippen LogP contribution is -2.64. The van der Waals surface area contributed by atoms with Gasteiger partial charge < -0.3 is 10.1 Å². The van der Waals surface area contributed by atoms with Gasteiger partial charge in [-0.05, 0) is 25.8 Å². The number of halogens is 2. The highest BCUT2D eigenvalue weighted by Gasteiger charge is 2.54. The molecule has 1 N–H and O–H groups in total. The number of ether oxygens (including phenoxy) is 1. The minimum Gasteiger partial charge on any atom is -0.381 e. The molecule has 0 bridgehead atoms. The van der Waals surface area contributed by atoms with Gasteiger partial charge in [0.05, 0.1) is 5.54 Å². The van der Waals surface area contributed by atoms with E-state index < -0.39 is 11.5 Å². The standard InChI is InChI=1S/C9H15F2NO/c10-9(11)2-1-5-12-8(9)3-6-13-7-4-8/h12H,1-7H2. The molecule has 0 unspecified atom stereocenters. The van der Waals surface area contributed by atoms with Gasteiger partial charge in [0.25, 0.3) is 5.92 Å². The van der Waals surface area contributed by atoms with Crippen molar-refractivity contribution in [2.75, 3.05) is 19.8 Å². The van der Waals surface area contributed by atoms with Crippen molar-refractivity contribution in [1.82, 2.24) is 5.32 Å². The highest BCUT2D eigenvalue weighted by atomic mass is 19.3. The van der Waals surface area contributed by atoms with Crippen LogP contribution in [0, 0.1) is 0 Å². The predicted octanol–water partition coefficient (Wildman–Crippen LogP) is 1.55. The van der Waals surface area contributed by atoms with Gasteiger partial charge in [0.1, 0.15) is 0 Å². The van der Waals surface area contributed by atoms with Crippen molar-refractivity contribution in [3.63, 3.8) is 0 Å². The van der Waals surface area contributed by atoms with Crippen LogP contribution in [0.3, 0.4) is 0 Å². The van der Waals surface area contributed by atoms with E-state index in [1.807, 2.05) is 0 Å². The summed E-state index contributed by atoms with van der Waals surface area (Å²) in [6, 6.07) is 0. The summed E-state index contributed by atoms with van der Waals surface area (Å²) in [5.74, 6) is -2.55. The molecule has 0 aromatic heterocycles. The smallest absolute Gasteiger partial charge is 0.266 e. The van der Waals surface area contributed by atoms with E-state index >= 15 is 0 Å². The second kappa shape index (κ2) is 3.17. The van der Waals surface area contributed by atoms with Crippen LogP contribution in [0.15, 0.2) is 0 Å². The molecule has 76 valence electrons. The van der Waals surface area contributed by atoms with E-state index in [-0.39, 0.29) is 6.42 Å². The lowest BCUT2D eigenvalue weighted by molar-refractivity contribution is -0.147. The van der Waals surface area contributed by atoms with Gasteiger partial charge in [0.15, 0.2) is 0 Å². The number of hydrogen-bond acceptors (Lipinski definition) is 2. The molecule has 2 rings (SSSR count). The van der Waals surface area contributed by atoms with Crippen molar-refractivity contribution in [2.24, 2.45) is 0 Å². The highest BCUT2D eigenvalue weighted by Crippen LogP contribution is 2.42. The second-order valence-electron chi connectivity index (χ2n) is 3.93. The Bertz CT molecular complexity index is 182. The Morgan fingerprint density at radius 1 is 1.08 bits per heavy atom. The molecule has 0 amide bonds. The second-order valence-corrected chi connectivity index (χ2v) is 3.93. The Balaban J connectivity index is 2.16. The number of hydrogen-bond donors (Lipinski definition) is 1. The molecule has 13 heavy (non-hydrogen) atoms. The summed E-state index contributed by atoms with van der Waals surface area (Å²) in [5, 5.41) is 2.99. The Kier molecular flexibility index (Phi) is 2.28. The Morgan fingerprint density at radius 3 is 2.38 bits per heavy atom. The fourth-order valence-electron chi connectivity index (χ4n) is 2.27. The van der Waals surface area contributed by atoms with Crippen molar-refractivity contribution in [3.05, 3.63) is 0 Å². The summed E-state index contributed by atoms with van der Waals surface area (Å²) < 4.78 is 32.4. The van der Waals surface area contributed by atoms with Crippen LogP contribution in [0.5, 0.6) is 0 Å². The Labute approximate surface area is 76.6 Å². The van der Waals surface area contributed by atoms with Gasteiger partial charge >= 0.3 is 0 Å². The average molecular weight is 191 g/mol. The maximum Gasteiger partial charge on any atom is 0.266 e. The Hall–Kier alpha value is -0.220. The quantitative estimate of drug-likeness (QED) is 0.627. The van der Waals surface area contributed by atoms with Crippen molar-refractivity contribution in [3.8, 4) is 0 Å². The molecule has 4 heteroatoms. The number of nitrogens with one attached hydrogen (secondary N) is 1. The van der Waals surface area contributed by atoms with Crippen LogP contribution >= 0.6 is 0 Å². The third-order valence-corrected chi connectivity index (χ3v) is 3.18. The summed E-state index contributed by atoms with van der Waals surface area (Å²) in [7, 11) is 0. The molecule has 2 fully saturated rings. The molecule has 2 aliphatic rings. The van der Waals surface area contributed by atoms with Crippen molar-refractivity contribution in [1.29, 1.82) is 0 Å². The fourth-order valence-corrected chi connectivity index (χ4v) is 2.27. The van der Waals surface area contributed by atoms with Gasteiger partial charge in [-0.3, -0.25) is 0 Å². The molecule has 2 saturated heterocycles. The van der Waals surface area contributed by atoms with E-state index in [2.05, 4.69) is 5.32 Å². The van der Waals surface area contributed by atoms with E-state index in [0.717, 1.165) is 6.54 Å². The molecular weight excluding hydrogens is 176 g/mol. The zero-order valence-corrected chi connectivity index (χ0v) is 7.61. The minimum absolute atomic E-state index is 0.0278. The van der Waals surface area contributed by atoms with Gasteiger partial charge in [-0.15, -0.1) is 0 Å². The van der Waals surface area contributed by atoms with E-state index in [0.29, 0.717) is 32.5 Å². The van der Waals surface area contributed by atoms with Crippen LogP contribution in [0.4, 0.5) is 8.78 Å².